The van der Waals surface area contributed by atoms with Crippen LogP contribution in [0.1, 0.15) is 5.56 Å². The van der Waals surface area contributed by atoms with Gasteiger partial charge in [0.1, 0.15) is 0 Å². The molecular weight excluding hydrogens is 490 g/mol. The van der Waals surface area contributed by atoms with E-state index in [1.807, 2.05) is 11.3 Å². The maximum Gasteiger partial charge on any atom is 0.0547 e. The van der Waals surface area contributed by atoms with E-state index >= 15 is 0 Å². The lowest BCUT2D eigenvalue weighted by molar-refractivity contribution is 1.17. The average Bonchev–Trinajstić information content (AvgIpc) is 3.53. The summed E-state index contributed by atoms with van der Waals surface area (Å²) in [5.41, 5.74) is 9.93. The molecule has 1 nitrogen and oxygen atoms in total. The Balaban J connectivity index is 1.42. The Bertz CT molecular complexity index is 2160. The van der Waals surface area contributed by atoms with Crippen molar-refractivity contribution in [1.82, 2.24) is 4.57 Å². The largest absolute Gasteiger partial charge is 0.309 e. The van der Waals surface area contributed by atoms with Crippen molar-refractivity contribution in [3.8, 4) is 27.9 Å². The highest BCUT2D eigenvalue weighted by Gasteiger charge is 2.16. The first kappa shape index (κ1) is 22.3. The molecule has 6 aromatic carbocycles. The van der Waals surface area contributed by atoms with Crippen LogP contribution in [0.2, 0.25) is 0 Å². The fourth-order valence-electron chi connectivity index (χ4n) is 5.95. The van der Waals surface area contributed by atoms with Crippen molar-refractivity contribution < 1.29 is 0 Å². The maximum absolute atomic E-state index is 2.42. The highest BCUT2D eigenvalue weighted by molar-refractivity contribution is 7.26. The quantitative estimate of drug-likeness (QED) is 0.220. The third-order valence-electron chi connectivity index (χ3n) is 7.88. The van der Waals surface area contributed by atoms with Gasteiger partial charge in [-0.25, -0.2) is 0 Å². The maximum atomic E-state index is 2.42. The van der Waals surface area contributed by atoms with Crippen LogP contribution in [0.25, 0.3) is 69.9 Å². The van der Waals surface area contributed by atoms with Crippen LogP contribution in [0.5, 0.6) is 0 Å². The lowest BCUT2D eigenvalue weighted by Gasteiger charge is -2.10. The van der Waals surface area contributed by atoms with Crippen molar-refractivity contribution >= 4 is 53.3 Å². The molecule has 184 valence electrons. The molecule has 0 amide bonds. The van der Waals surface area contributed by atoms with Crippen LogP contribution in [0.15, 0.2) is 133 Å². The number of fused-ring (bicyclic) bond motifs is 6. The molecule has 0 radical (unpaired) electrons. The normalized spacial score (nSPS) is 11.7. The van der Waals surface area contributed by atoms with Gasteiger partial charge in [-0.1, -0.05) is 103 Å². The molecular formula is C37H25NS. The number of benzene rings is 6. The van der Waals surface area contributed by atoms with E-state index in [1.165, 1.54) is 75.5 Å². The van der Waals surface area contributed by atoms with Crippen molar-refractivity contribution in [3.05, 3.63) is 139 Å². The van der Waals surface area contributed by atoms with Gasteiger partial charge >= 0.3 is 0 Å². The van der Waals surface area contributed by atoms with Crippen molar-refractivity contribution in [1.29, 1.82) is 0 Å². The fraction of sp³-hybridized carbons (Fsp3) is 0.0270. The summed E-state index contributed by atoms with van der Waals surface area (Å²) < 4.78 is 5.11. The van der Waals surface area contributed by atoms with Crippen molar-refractivity contribution in [2.24, 2.45) is 0 Å². The van der Waals surface area contributed by atoms with Crippen LogP contribution in [0.3, 0.4) is 0 Å². The first-order valence-corrected chi connectivity index (χ1v) is 14.2. The van der Waals surface area contributed by atoms with Gasteiger partial charge in [-0.2, -0.15) is 0 Å². The van der Waals surface area contributed by atoms with Gasteiger partial charge in [-0.15, -0.1) is 11.3 Å². The standard InChI is InChI=1S/C37H25NS/c1-24-14-18-28(19-15-24)38-34-21-17-26(25-8-3-2-4-9-25)22-33(34)30-20-16-27(23-35(30)38)29-11-7-12-32-31-10-5-6-13-36(31)39-37(29)32/h2-23H,1H3. The monoisotopic (exact) mass is 515 g/mol. The predicted octanol–water partition coefficient (Wildman–Crippen LogP) is 10.8. The molecule has 0 bridgehead atoms. The molecule has 0 aliphatic heterocycles. The first-order chi connectivity index (χ1) is 19.2. The van der Waals surface area contributed by atoms with E-state index in [0.717, 1.165) is 0 Å². The van der Waals surface area contributed by atoms with E-state index in [9.17, 15) is 0 Å². The number of thiophene rings is 1. The molecule has 0 aliphatic rings. The second-order valence-electron chi connectivity index (χ2n) is 10.3. The molecule has 0 saturated heterocycles. The van der Waals surface area contributed by atoms with Crippen molar-refractivity contribution in [2.45, 2.75) is 6.92 Å². The third-order valence-corrected chi connectivity index (χ3v) is 9.10. The summed E-state index contributed by atoms with van der Waals surface area (Å²) in [6.07, 6.45) is 0. The van der Waals surface area contributed by atoms with E-state index in [1.54, 1.807) is 0 Å². The van der Waals surface area contributed by atoms with Gasteiger partial charge in [-0.05, 0) is 65.6 Å². The topological polar surface area (TPSA) is 4.93 Å². The molecule has 0 N–H and O–H groups in total. The summed E-state index contributed by atoms with van der Waals surface area (Å²) in [5, 5.41) is 5.22. The van der Waals surface area contributed by atoms with E-state index in [-0.39, 0.29) is 0 Å². The van der Waals surface area contributed by atoms with Gasteiger partial charge in [0, 0.05) is 36.6 Å². The zero-order valence-corrected chi connectivity index (χ0v) is 22.4. The van der Waals surface area contributed by atoms with Crippen molar-refractivity contribution in [3.63, 3.8) is 0 Å². The Morgan fingerprint density at radius 1 is 0.487 bits per heavy atom. The number of hydrogen-bond acceptors (Lipinski definition) is 1. The van der Waals surface area contributed by atoms with Gasteiger partial charge in [-0.3, -0.25) is 0 Å². The van der Waals surface area contributed by atoms with E-state index in [2.05, 4.69) is 145 Å². The van der Waals surface area contributed by atoms with Crippen LogP contribution in [-0.2, 0) is 0 Å². The van der Waals surface area contributed by atoms with Gasteiger partial charge < -0.3 is 4.57 Å². The SMILES string of the molecule is Cc1ccc(-n2c3ccc(-c4ccccc4)cc3c3ccc(-c4cccc5c4sc4ccccc45)cc32)cc1. The number of nitrogens with zero attached hydrogens (tertiary/aromatic N) is 1. The van der Waals surface area contributed by atoms with E-state index < -0.39 is 0 Å². The third kappa shape index (κ3) is 3.53. The Kier molecular flexibility index (Phi) is 4.98. The molecule has 8 aromatic rings. The number of aryl methyl sites for hydroxylation is 1. The Morgan fingerprint density at radius 2 is 1.26 bits per heavy atom. The van der Waals surface area contributed by atoms with E-state index in [0.29, 0.717) is 0 Å². The minimum Gasteiger partial charge on any atom is -0.309 e. The molecule has 0 aliphatic carbocycles. The Labute approximate surface area is 231 Å². The summed E-state index contributed by atoms with van der Waals surface area (Å²) in [4.78, 5) is 0. The average molecular weight is 516 g/mol. The molecule has 0 saturated carbocycles. The van der Waals surface area contributed by atoms with Gasteiger partial charge in [0.15, 0.2) is 0 Å². The number of hydrogen-bond donors (Lipinski definition) is 0. The molecule has 2 aromatic heterocycles. The Morgan fingerprint density at radius 3 is 2.13 bits per heavy atom. The second-order valence-corrected chi connectivity index (χ2v) is 11.3. The number of aromatic nitrogens is 1. The van der Waals surface area contributed by atoms with Crippen molar-refractivity contribution in [2.75, 3.05) is 0 Å². The van der Waals surface area contributed by atoms with Crippen LogP contribution < -0.4 is 0 Å². The molecule has 2 heteroatoms. The zero-order chi connectivity index (χ0) is 25.9. The lowest BCUT2D eigenvalue weighted by Crippen LogP contribution is -1.94. The molecule has 2 heterocycles. The van der Waals surface area contributed by atoms with Crippen LogP contribution in [-0.4, -0.2) is 4.57 Å². The lowest BCUT2D eigenvalue weighted by atomic mass is 10.00. The predicted molar refractivity (Wildman–Crippen MR) is 169 cm³/mol. The summed E-state index contributed by atoms with van der Waals surface area (Å²) in [6.45, 7) is 2.14. The molecule has 8 rings (SSSR count). The molecule has 0 fully saturated rings. The smallest absolute Gasteiger partial charge is 0.0547 e. The highest BCUT2D eigenvalue weighted by Crippen LogP contribution is 2.42. The molecule has 0 spiro atoms. The van der Waals surface area contributed by atoms with Gasteiger partial charge in [0.2, 0.25) is 0 Å². The van der Waals surface area contributed by atoms with Crippen LogP contribution in [0, 0.1) is 6.92 Å². The fourth-order valence-corrected chi connectivity index (χ4v) is 7.18. The van der Waals surface area contributed by atoms with Gasteiger partial charge in [0.25, 0.3) is 0 Å². The number of rotatable bonds is 3. The minimum atomic E-state index is 1.19. The van der Waals surface area contributed by atoms with Gasteiger partial charge in [0.05, 0.1) is 11.0 Å². The second kappa shape index (κ2) is 8.69. The minimum absolute atomic E-state index is 1.19. The summed E-state index contributed by atoms with van der Waals surface area (Å²) in [5.74, 6) is 0. The highest BCUT2D eigenvalue weighted by atomic mass is 32.1. The molecule has 39 heavy (non-hydrogen) atoms. The zero-order valence-electron chi connectivity index (χ0n) is 21.6. The summed E-state index contributed by atoms with van der Waals surface area (Å²) in [7, 11) is 0. The van der Waals surface area contributed by atoms with Crippen LogP contribution >= 0.6 is 11.3 Å². The van der Waals surface area contributed by atoms with E-state index in [4.69, 9.17) is 0 Å². The molecule has 0 atom stereocenters. The summed E-state index contributed by atoms with van der Waals surface area (Å²) in [6, 6.07) is 48.9. The summed E-state index contributed by atoms with van der Waals surface area (Å²) >= 11 is 1.89. The first-order valence-electron chi connectivity index (χ1n) is 13.4. The molecule has 0 unspecified atom stereocenters. The van der Waals surface area contributed by atoms with Crippen LogP contribution in [0.4, 0.5) is 0 Å². The Hall–Kier alpha value is -4.66.